The first kappa shape index (κ1) is 13.0. The van der Waals surface area contributed by atoms with Crippen LogP contribution in [0.1, 0.15) is 30.2 Å². The van der Waals surface area contributed by atoms with Gasteiger partial charge in [-0.3, -0.25) is 0 Å². The van der Waals surface area contributed by atoms with E-state index >= 15 is 0 Å². The van der Waals surface area contributed by atoms with E-state index in [1.807, 2.05) is 25.1 Å². The predicted molar refractivity (Wildman–Crippen MR) is 70.4 cm³/mol. The van der Waals surface area contributed by atoms with Crippen LogP contribution in [0.3, 0.4) is 0 Å². The van der Waals surface area contributed by atoms with Crippen molar-refractivity contribution >= 4 is 15.9 Å². The van der Waals surface area contributed by atoms with Crippen molar-refractivity contribution in [1.82, 2.24) is 10.1 Å². The molecule has 18 heavy (non-hydrogen) atoms. The van der Waals surface area contributed by atoms with Crippen molar-refractivity contribution in [2.75, 3.05) is 7.11 Å². The molecule has 0 radical (unpaired) electrons. The van der Waals surface area contributed by atoms with Crippen molar-refractivity contribution in [2.45, 2.75) is 19.4 Å². The van der Waals surface area contributed by atoms with Crippen molar-refractivity contribution in [2.24, 2.45) is 5.73 Å². The Kier molecular flexibility index (Phi) is 3.98. The van der Waals surface area contributed by atoms with Crippen LogP contribution >= 0.6 is 15.9 Å². The van der Waals surface area contributed by atoms with Crippen molar-refractivity contribution in [3.8, 4) is 5.75 Å². The third-order valence-corrected chi connectivity index (χ3v) is 3.22. The number of nitrogens with zero attached hydrogens (tertiary/aromatic N) is 2. The molecule has 0 fully saturated rings. The van der Waals surface area contributed by atoms with Gasteiger partial charge in [-0.05, 0) is 33.6 Å². The van der Waals surface area contributed by atoms with Crippen LogP contribution in [-0.2, 0) is 6.42 Å². The normalized spacial score (nSPS) is 12.4. The van der Waals surface area contributed by atoms with Crippen LogP contribution in [0.15, 0.2) is 27.2 Å². The molecule has 0 saturated heterocycles. The first-order valence-electron chi connectivity index (χ1n) is 5.57. The van der Waals surface area contributed by atoms with E-state index in [0.717, 1.165) is 15.8 Å². The van der Waals surface area contributed by atoms with Crippen LogP contribution in [0.5, 0.6) is 5.75 Å². The minimum atomic E-state index is -0.406. The van der Waals surface area contributed by atoms with Gasteiger partial charge in [-0.2, -0.15) is 4.98 Å². The second-order valence-corrected chi connectivity index (χ2v) is 4.63. The molecule has 2 aromatic rings. The molecule has 2 rings (SSSR count). The number of aryl methyl sites for hydroxylation is 1. The molecule has 0 aliphatic carbocycles. The Hall–Kier alpha value is -1.40. The van der Waals surface area contributed by atoms with E-state index in [0.29, 0.717) is 18.1 Å². The first-order chi connectivity index (χ1) is 8.65. The first-order valence-corrected chi connectivity index (χ1v) is 6.36. The lowest BCUT2D eigenvalue weighted by atomic mass is 10.1. The van der Waals surface area contributed by atoms with Gasteiger partial charge in [0, 0.05) is 6.42 Å². The average Bonchev–Trinajstić information content (AvgIpc) is 2.86. The summed E-state index contributed by atoms with van der Waals surface area (Å²) < 4.78 is 11.1. The number of hydrogen-bond acceptors (Lipinski definition) is 5. The van der Waals surface area contributed by atoms with Gasteiger partial charge < -0.3 is 15.0 Å². The van der Waals surface area contributed by atoms with Crippen molar-refractivity contribution in [3.05, 3.63) is 40.0 Å². The summed E-state index contributed by atoms with van der Waals surface area (Å²) in [6.45, 7) is 1.95. The van der Waals surface area contributed by atoms with Gasteiger partial charge in [-0.25, -0.2) is 0 Å². The molecule has 1 aromatic carbocycles. The lowest BCUT2D eigenvalue weighted by Gasteiger charge is -2.10. The van der Waals surface area contributed by atoms with Gasteiger partial charge in [0.05, 0.1) is 17.6 Å². The Bertz CT molecular complexity index is 542. The minimum absolute atomic E-state index is 0.406. The molecule has 0 saturated carbocycles. The summed E-state index contributed by atoms with van der Waals surface area (Å²) >= 11 is 3.42. The molecule has 6 heteroatoms. The maximum atomic E-state index is 6.10. The zero-order chi connectivity index (χ0) is 13.1. The number of hydrogen-bond donors (Lipinski definition) is 1. The number of ether oxygens (including phenoxy) is 1. The highest BCUT2D eigenvalue weighted by Crippen LogP contribution is 2.28. The summed E-state index contributed by atoms with van der Waals surface area (Å²) in [6, 6.07) is 5.22. The number of benzene rings is 1. The number of rotatable bonds is 4. The quantitative estimate of drug-likeness (QED) is 0.938. The van der Waals surface area contributed by atoms with E-state index in [1.54, 1.807) is 7.11 Å². The minimum Gasteiger partial charge on any atom is -0.496 e. The lowest BCUT2D eigenvalue weighted by molar-refractivity contribution is 0.375. The van der Waals surface area contributed by atoms with Crippen molar-refractivity contribution in [3.63, 3.8) is 0 Å². The molecule has 1 atom stereocenters. The molecule has 0 aliphatic heterocycles. The molecule has 0 bridgehead atoms. The maximum Gasteiger partial charge on any atom is 0.226 e. The lowest BCUT2D eigenvalue weighted by Crippen LogP contribution is -2.13. The largest absolute Gasteiger partial charge is 0.496 e. The highest BCUT2D eigenvalue weighted by Gasteiger charge is 2.16. The molecule has 96 valence electrons. The highest BCUT2D eigenvalue weighted by molar-refractivity contribution is 9.10. The molecular formula is C12H14BrN3O2. The smallest absolute Gasteiger partial charge is 0.226 e. The number of halogens is 1. The summed E-state index contributed by atoms with van der Waals surface area (Å²) in [5.41, 5.74) is 6.99. The number of methoxy groups -OCH3 is 1. The van der Waals surface area contributed by atoms with Gasteiger partial charge in [0.25, 0.3) is 0 Å². The van der Waals surface area contributed by atoms with E-state index in [1.165, 1.54) is 0 Å². The van der Waals surface area contributed by atoms with E-state index in [2.05, 4.69) is 26.1 Å². The Labute approximate surface area is 113 Å². The van der Waals surface area contributed by atoms with Crippen LogP contribution in [0.2, 0.25) is 0 Å². The van der Waals surface area contributed by atoms with Crippen LogP contribution in [-0.4, -0.2) is 17.3 Å². The summed E-state index contributed by atoms with van der Waals surface area (Å²) in [5.74, 6) is 1.84. The molecular weight excluding hydrogens is 298 g/mol. The molecule has 1 heterocycles. The molecule has 2 N–H and O–H groups in total. The van der Waals surface area contributed by atoms with Gasteiger partial charge in [-0.15, -0.1) is 0 Å². The number of aromatic nitrogens is 2. The SMILES string of the molecule is CCc1nc(C(N)c2ccc(OC)c(Br)c2)no1. The molecule has 0 amide bonds. The van der Waals surface area contributed by atoms with Crippen LogP contribution in [0.25, 0.3) is 0 Å². The summed E-state index contributed by atoms with van der Waals surface area (Å²) in [6.07, 6.45) is 0.700. The van der Waals surface area contributed by atoms with Crippen LogP contribution < -0.4 is 10.5 Å². The summed E-state index contributed by atoms with van der Waals surface area (Å²) in [4.78, 5) is 4.23. The Morgan fingerprint density at radius 1 is 1.50 bits per heavy atom. The predicted octanol–water partition coefficient (Wildman–Crippen LogP) is 2.45. The zero-order valence-electron chi connectivity index (χ0n) is 10.2. The fraction of sp³-hybridized carbons (Fsp3) is 0.333. The fourth-order valence-corrected chi connectivity index (χ4v) is 2.12. The topological polar surface area (TPSA) is 74.2 Å². The second-order valence-electron chi connectivity index (χ2n) is 3.77. The molecule has 0 aliphatic rings. The van der Waals surface area contributed by atoms with Gasteiger partial charge >= 0.3 is 0 Å². The molecule has 5 nitrogen and oxygen atoms in total. The second kappa shape index (κ2) is 5.49. The van der Waals surface area contributed by atoms with Gasteiger partial charge in [-0.1, -0.05) is 18.1 Å². The van der Waals surface area contributed by atoms with Gasteiger partial charge in [0.1, 0.15) is 5.75 Å². The third kappa shape index (κ3) is 2.54. The van der Waals surface area contributed by atoms with Crippen molar-refractivity contribution < 1.29 is 9.26 Å². The van der Waals surface area contributed by atoms with E-state index in [-0.39, 0.29) is 0 Å². The summed E-state index contributed by atoms with van der Waals surface area (Å²) in [5, 5.41) is 3.88. The van der Waals surface area contributed by atoms with Gasteiger partial charge in [0.2, 0.25) is 5.89 Å². The maximum absolute atomic E-state index is 6.10. The van der Waals surface area contributed by atoms with E-state index in [4.69, 9.17) is 15.0 Å². The molecule has 1 aromatic heterocycles. The Morgan fingerprint density at radius 2 is 2.28 bits per heavy atom. The van der Waals surface area contributed by atoms with Crippen molar-refractivity contribution in [1.29, 1.82) is 0 Å². The monoisotopic (exact) mass is 311 g/mol. The standard InChI is InChI=1S/C12H14BrN3O2/c1-3-10-15-12(16-18-10)11(14)7-4-5-9(17-2)8(13)6-7/h4-6,11H,3,14H2,1-2H3. The third-order valence-electron chi connectivity index (χ3n) is 2.60. The summed E-state index contributed by atoms with van der Waals surface area (Å²) in [7, 11) is 1.62. The Balaban J connectivity index is 2.27. The van der Waals surface area contributed by atoms with Crippen LogP contribution in [0, 0.1) is 0 Å². The van der Waals surface area contributed by atoms with Crippen LogP contribution in [0.4, 0.5) is 0 Å². The molecule has 0 spiro atoms. The highest BCUT2D eigenvalue weighted by atomic mass is 79.9. The van der Waals surface area contributed by atoms with Gasteiger partial charge in [0.15, 0.2) is 5.82 Å². The fourth-order valence-electron chi connectivity index (χ4n) is 1.56. The van der Waals surface area contributed by atoms with E-state index in [9.17, 15) is 0 Å². The Morgan fingerprint density at radius 3 is 2.83 bits per heavy atom. The van der Waals surface area contributed by atoms with E-state index < -0.39 is 6.04 Å². The zero-order valence-corrected chi connectivity index (χ0v) is 11.8. The molecule has 1 unspecified atom stereocenters. The number of nitrogens with two attached hydrogens (primary N) is 1. The average molecular weight is 312 g/mol.